The van der Waals surface area contributed by atoms with Crippen LogP contribution in [0.1, 0.15) is 0 Å². The molecule has 0 unspecified atom stereocenters. The van der Waals surface area contributed by atoms with Gasteiger partial charge in [0, 0.05) is 39.3 Å². The fourth-order valence-corrected chi connectivity index (χ4v) is 2.68. The molecule has 2 aromatic heterocycles. The highest BCUT2D eigenvalue weighted by atomic mass is 79.9. The van der Waals surface area contributed by atoms with Gasteiger partial charge < -0.3 is 10.0 Å². The Kier molecular flexibility index (Phi) is 10.6. The number of nitrogens with zero attached hydrogens (tertiary/aromatic N) is 2. The molecule has 0 aliphatic heterocycles. The summed E-state index contributed by atoms with van der Waals surface area (Å²) in [4.78, 5) is 7.89. The van der Waals surface area contributed by atoms with Crippen molar-refractivity contribution in [1.82, 2.24) is 9.97 Å². The normalized spacial score (nSPS) is 9.50. The van der Waals surface area contributed by atoms with Crippen LogP contribution in [0.4, 0.5) is 0 Å². The first kappa shape index (κ1) is 24.1. The monoisotopic (exact) mass is 502 g/mol. The lowest BCUT2D eigenvalue weighted by atomic mass is 9.81. The average Bonchev–Trinajstić information content (AvgIpc) is 2.77. The Balaban J connectivity index is 0.000000168. The van der Waals surface area contributed by atoms with Crippen molar-refractivity contribution in [1.29, 1.82) is 0 Å². The van der Waals surface area contributed by atoms with Gasteiger partial charge in [0.15, 0.2) is 0 Å². The summed E-state index contributed by atoms with van der Waals surface area (Å²) < 4.78 is 1.02. The van der Waals surface area contributed by atoms with Crippen molar-refractivity contribution in [3.05, 3.63) is 112 Å². The highest BCUT2D eigenvalue weighted by Gasteiger charge is 2.08. The zero-order chi connectivity index (χ0) is 21.8. The Bertz CT molecular complexity index is 991. The Morgan fingerprint density at radius 1 is 0.667 bits per heavy atom. The third-order valence-corrected chi connectivity index (χ3v) is 4.61. The van der Waals surface area contributed by atoms with E-state index in [1.807, 2.05) is 54.7 Å². The summed E-state index contributed by atoms with van der Waals surface area (Å²) in [6.07, 6.45) is 7.09. The van der Waals surface area contributed by atoms with E-state index in [4.69, 9.17) is 33.2 Å². The molecule has 8 heteroatoms. The standard InChI is InChI=1S/C11H8ClN.C6H6BClO2.C5H4BrN/c12-11-5-3-9(4-6-11)10-2-1-7-13-8-10;8-6-3-1-5(2-4-6)7(9)10;6-5-2-1-3-7-4-5/h1-8H;1-4,9-10H;1-4H. The molecule has 0 aliphatic carbocycles. The van der Waals surface area contributed by atoms with Crippen molar-refractivity contribution in [2.24, 2.45) is 0 Å². The summed E-state index contributed by atoms with van der Waals surface area (Å²) >= 11 is 14.6. The number of hydrogen-bond acceptors (Lipinski definition) is 4. The molecule has 30 heavy (non-hydrogen) atoms. The lowest BCUT2D eigenvalue weighted by molar-refractivity contribution is 0.426. The molecule has 4 aromatic rings. The van der Waals surface area contributed by atoms with Gasteiger partial charge in [0.05, 0.1) is 0 Å². The second kappa shape index (κ2) is 13.2. The van der Waals surface area contributed by atoms with Crippen molar-refractivity contribution in [2.45, 2.75) is 0 Å². The molecule has 0 radical (unpaired) electrons. The second-order valence-corrected chi connectivity index (χ2v) is 7.63. The SMILES string of the molecule is Brc1cccnc1.Clc1ccc(-c2cccnc2)cc1.OB(O)c1ccc(Cl)cc1. The second-order valence-electron chi connectivity index (χ2n) is 5.85. The topological polar surface area (TPSA) is 66.2 Å². The molecule has 0 saturated carbocycles. The van der Waals surface area contributed by atoms with Gasteiger partial charge in [-0.05, 0) is 75.0 Å². The molecular weight excluding hydrogens is 486 g/mol. The van der Waals surface area contributed by atoms with Crippen LogP contribution in [0.5, 0.6) is 0 Å². The predicted molar refractivity (Wildman–Crippen MR) is 128 cm³/mol. The molecule has 0 atom stereocenters. The minimum atomic E-state index is -1.41. The highest BCUT2D eigenvalue weighted by Crippen LogP contribution is 2.19. The van der Waals surface area contributed by atoms with Crippen molar-refractivity contribution in [3.8, 4) is 11.1 Å². The number of aromatic nitrogens is 2. The Hall–Kier alpha value is -2.22. The lowest BCUT2D eigenvalue weighted by Crippen LogP contribution is -2.29. The molecule has 0 bridgehead atoms. The van der Waals surface area contributed by atoms with Crippen LogP contribution in [0.3, 0.4) is 0 Å². The maximum absolute atomic E-state index is 8.63. The molecule has 0 fully saturated rings. The lowest BCUT2D eigenvalue weighted by Gasteiger charge is -1.99. The van der Waals surface area contributed by atoms with Gasteiger partial charge in [0.2, 0.25) is 0 Å². The summed E-state index contributed by atoms with van der Waals surface area (Å²) in [5.41, 5.74) is 2.70. The number of hydrogen-bond donors (Lipinski definition) is 2. The number of rotatable bonds is 2. The van der Waals surface area contributed by atoms with Gasteiger partial charge in [0.25, 0.3) is 0 Å². The third kappa shape index (κ3) is 9.07. The molecule has 0 amide bonds. The first-order valence-electron chi connectivity index (χ1n) is 8.79. The van der Waals surface area contributed by atoms with Gasteiger partial charge in [-0.15, -0.1) is 0 Å². The van der Waals surface area contributed by atoms with Crippen LogP contribution in [0.15, 0.2) is 102 Å². The molecule has 2 aromatic carbocycles. The third-order valence-electron chi connectivity index (χ3n) is 3.63. The van der Waals surface area contributed by atoms with E-state index in [1.165, 1.54) is 0 Å². The Morgan fingerprint density at radius 2 is 1.20 bits per heavy atom. The number of halogens is 3. The van der Waals surface area contributed by atoms with Crippen LogP contribution in [0, 0.1) is 0 Å². The van der Waals surface area contributed by atoms with Crippen LogP contribution >= 0.6 is 39.1 Å². The summed E-state index contributed by atoms with van der Waals surface area (Å²) in [6, 6.07) is 21.8. The summed E-state index contributed by atoms with van der Waals surface area (Å²) in [7, 11) is -1.41. The minimum absolute atomic E-state index is 0.449. The molecule has 152 valence electrons. The van der Waals surface area contributed by atoms with E-state index in [9.17, 15) is 0 Å². The number of pyridine rings is 2. The molecule has 4 rings (SSSR count). The Labute approximate surface area is 194 Å². The maximum atomic E-state index is 8.63. The zero-order valence-electron chi connectivity index (χ0n) is 15.7. The van der Waals surface area contributed by atoms with Crippen molar-refractivity contribution in [3.63, 3.8) is 0 Å². The van der Waals surface area contributed by atoms with Crippen molar-refractivity contribution in [2.75, 3.05) is 0 Å². The predicted octanol–water partition coefficient (Wildman–Crippen LogP) is 5.27. The fourth-order valence-electron chi connectivity index (χ4n) is 2.15. The van der Waals surface area contributed by atoms with Crippen molar-refractivity contribution >= 4 is 51.7 Å². The van der Waals surface area contributed by atoms with Crippen LogP contribution in [-0.4, -0.2) is 27.1 Å². The fraction of sp³-hybridized carbons (Fsp3) is 0. The molecular formula is C22H18BBrCl2N2O2. The molecule has 2 N–H and O–H groups in total. The quantitative estimate of drug-likeness (QED) is 0.366. The van der Waals surface area contributed by atoms with E-state index in [2.05, 4.69) is 25.9 Å². The van der Waals surface area contributed by atoms with Crippen LogP contribution < -0.4 is 5.46 Å². The smallest absolute Gasteiger partial charge is 0.423 e. The van der Waals surface area contributed by atoms with E-state index in [0.717, 1.165) is 20.6 Å². The molecule has 4 nitrogen and oxygen atoms in total. The van der Waals surface area contributed by atoms with Crippen LogP contribution in [-0.2, 0) is 0 Å². The maximum Gasteiger partial charge on any atom is 0.488 e. The van der Waals surface area contributed by atoms with Crippen LogP contribution in [0.25, 0.3) is 11.1 Å². The summed E-state index contributed by atoms with van der Waals surface area (Å²) in [5, 5.41) is 18.6. The summed E-state index contributed by atoms with van der Waals surface area (Å²) in [6.45, 7) is 0. The first-order chi connectivity index (χ1) is 14.5. The average molecular weight is 504 g/mol. The zero-order valence-corrected chi connectivity index (χ0v) is 18.8. The van der Waals surface area contributed by atoms with E-state index < -0.39 is 7.12 Å². The molecule has 0 aliphatic rings. The van der Waals surface area contributed by atoms with Crippen molar-refractivity contribution < 1.29 is 10.0 Å². The van der Waals surface area contributed by atoms with E-state index in [1.54, 1.807) is 42.9 Å². The molecule has 0 saturated heterocycles. The first-order valence-corrected chi connectivity index (χ1v) is 10.3. The van der Waals surface area contributed by atoms with E-state index in [0.29, 0.717) is 10.5 Å². The van der Waals surface area contributed by atoms with Crippen LogP contribution in [0.2, 0.25) is 10.0 Å². The van der Waals surface area contributed by atoms with Gasteiger partial charge in [-0.25, -0.2) is 0 Å². The van der Waals surface area contributed by atoms with Gasteiger partial charge in [0.1, 0.15) is 0 Å². The molecule has 0 spiro atoms. The van der Waals surface area contributed by atoms with Gasteiger partial charge in [-0.2, -0.15) is 0 Å². The van der Waals surface area contributed by atoms with E-state index >= 15 is 0 Å². The molecule has 2 heterocycles. The van der Waals surface area contributed by atoms with E-state index in [-0.39, 0.29) is 0 Å². The summed E-state index contributed by atoms with van der Waals surface area (Å²) in [5.74, 6) is 0. The number of benzene rings is 2. The highest BCUT2D eigenvalue weighted by molar-refractivity contribution is 9.10. The van der Waals surface area contributed by atoms with Gasteiger partial charge in [-0.3, -0.25) is 9.97 Å². The Morgan fingerprint density at radius 3 is 1.60 bits per heavy atom. The minimum Gasteiger partial charge on any atom is -0.423 e. The largest absolute Gasteiger partial charge is 0.488 e. The van der Waals surface area contributed by atoms with Gasteiger partial charge >= 0.3 is 7.12 Å². The van der Waals surface area contributed by atoms with Gasteiger partial charge in [-0.1, -0.05) is 53.5 Å².